The van der Waals surface area contributed by atoms with E-state index in [2.05, 4.69) is 20.9 Å². The SMILES string of the molecule is CNC(=O)c1ccc(-c2ccc(Nc3cc(Nc4ccccc4S(=O)(=O)C(C)C)c(Cl)cn3)c(F)c2)cc1. The number of carbonyl (C=O) groups excluding carboxylic acids is 1. The number of nitrogens with zero attached hydrogens (tertiary/aromatic N) is 1. The molecular formula is C28H26ClFN4O3S. The van der Waals surface area contributed by atoms with E-state index < -0.39 is 20.9 Å². The molecule has 0 fully saturated rings. The number of hydrogen-bond acceptors (Lipinski definition) is 6. The number of amides is 1. The average molecular weight is 553 g/mol. The zero-order chi connectivity index (χ0) is 27.4. The van der Waals surface area contributed by atoms with Crippen LogP contribution in [-0.4, -0.2) is 31.6 Å². The van der Waals surface area contributed by atoms with Gasteiger partial charge in [-0.05, 0) is 61.4 Å². The summed E-state index contributed by atoms with van der Waals surface area (Å²) in [7, 11) is -1.99. The number of rotatable bonds is 8. The summed E-state index contributed by atoms with van der Waals surface area (Å²) < 4.78 is 40.6. The maximum absolute atomic E-state index is 15.0. The highest BCUT2D eigenvalue weighted by molar-refractivity contribution is 7.92. The van der Waals surface area contributed by atoms with Crippen LogP contribution in [0.1, 0.15) is 24.2 Å². The van der Waals surface area contributed by atoms with Crippen LogP contribution >= 0.6 is 11.6 Å². The van der Waals surface area contributed by atoms with E-state index in [1.54, 1.807) is 81.6 Å². The number of carbonyl (C=O) groups is 1. The zero-order valence-electron chi connectivity index (χ0n) is 20.9. The Balaban J connectivity index is 1.57. The van der Waals surface area contributed by atoms with Gasteiger partial charge in [0.25, 0.3) is 5.91 Å². The lowest BCUT2D eigenvalue weighted by atomic mass is 10.0. The normalized spacial score (nSPS) is 11.3. The molecule has 10 heteroatoms. The quantitative estimate of drug-likeness (QED) is 0.228. The third-order valence-electron chi connectivity index (χ3n) is 5.88. The third-order valence-corrected chi connectivity index (χ3v) is 8.39. The first kappa shape index (κ1) is 27.1. The average Bonchev–Trinajstić information content (AvgIpc) is 2.91. The maximum atomic E-state index is 15.0. The monoisotopic (exact) mass is 552 g/mol. The van der Waals surface area contributed by atoms with Crippen LogP contribution in [0.5, 0.6) is 0 Å². The number of nitrogens with one attached hydrogen (secondary N) is 3. The van der Waals surface area contributed by atoms with Crippen LogP contribution in [0.3, 0.4) is 0 Å². The Kier molecular flexibility index (Phi) is 7.99. The van der Waals surface area contributed by atoms with Gasteiger partial charge in [0.1, 0.15) is 11.6 Å². The molecule has 3 N–H and O–H groups in total. The Labute approximate surface area is 226 Å². The maximum Gasteiger partial charge on any atom is 0.251 e. The molecule has 4 rings (SSSR count). The van der Waals surface area contributed by atoms with Crippen LogP contribution in [0.2, 0.25) is 5.02 Å². The molecule has 0 aliphatic heterocycles. The fourth-order valence-electron chi connectivity index (χ4n) is 3.71. The number of sulfone groups is 1. The summed E-state index contributed by atoms with van der Waals surface area (Å²) in [5.41, 5.74) is 2.89. The van der Waals surface area contributed by atoms with Crippen molar-refractivity contribution >= 4 is 50.2 Å². The summed E-state index contributed by atoms with van der Waals surface area (Å²) >= 11 is 6.34. The molecule has 0 aliphatic carbocycles. The van der Waals surface area contributed by atoms with Gasteiger partial charge in [-0.3, -0.25) is 4.79 Å². The zero-order valence-corrected chi connectivity index (χ0v) is 22.5. The van der Waals surface area contributed by atoms with Crippen molar-refractivity contribution in [1.82, 2.24) is 10.3 Å². The van der Waals surface area contributed by atoms with Crippen LogP contribution in [0.25, 0.3) is 11.1 Å². The van der Waals surface area contributed by atoms with Crippen molar-refractivity contribution in [1.29, 1.82) is 0 Å². The fraction of sp³-hybridized carbons (Fsp3) is 0.143. The summed E-state index contributed by atoms with van der Waals surface area (Å²) in [6.45, 7) is 3.24. The van der Waals surface area contributed by atoms with E-state index in [0.29, 0.717) is 28.3 Å². The Hall–Kier alpha value is -3.95. The molecule has 0 unspecified atom stereocenters. The van der Waals surface area contributed by atoms with Crippen LogP contribution in [0.4, 0.5) is 27.3 Å². The van der Waals surface area contributed by atoms with E-state index in [1.807, 2.05) is 0 Å². The third kappa shape index (κ3) is 5.79. The fourth-order valence-corrected chi connectivity index (χ4v) is 5.06. The van der Waals surface area contributed by atoms with E-state index in [0.717, 1.165) is 5.56 Å². The lowest BCUT2D eigenvalue weighted by Crippen LogP contribution is -2.17. The minimum absolute atomic E-state index is 0.155. The molecule has 0 spiro atoms. The molecular weight excluding hydrogens is 527 g/mol. The Morgan fingerprint density at radius 1 is 0.895 bits per heavy atom. The minimum Gasteiger partial charge on any atom is -0.355 e. The summed E-state index contributed by atoms with van der Waals surface area (Å²) in [6.07, 6.45) is 1.39. The van der Waals surface area contributed by atoms with Crippen molar-refractivity contribution in [2.45, 2.75) is 24.0 Å². The van der Waals surface area contributed by atoms with Gasteiger partial charge in [-0.1, -0.05) is 41.9 Å². The van der Waals surface area contributed by atoms with Gasteiger partial charge >= 0.3 is 0 Å². The molecule has 0 atom stereocenters. The first-order chi connectivity index (χ1) is 18.1. The smallest absolute Gasteiger partial charge is 0.251 e. The summed E-state index contributed by atoms with van der Waals surface area (Å²) in [6, 6.07) is 19.7. The molecule has 7 nitrogen and oxygen atoms in total. The molecule has 1 aromatic heterocycles. The van der Waals surface area contributed by atoms with Crippen LogP contribution in [0, 0.1) is 5.82 Å². The standard InChI is InChI=1S/C28H26ClFN4O3S/c1-17(2)38(36,37)26-7-5-4-6-24(26)33-25-15-27(32-16-21(25)29)34-23-13-12-20(14-22(23)30)18-8-10-19(11-9-18)28(35)31-3/h4-17H,1-3H3,(H,31,35)(H2,32,33,34). The number of hydrogen-bond donors (Lipinski definition) is 3. The highest BCUT2D eigenvalue weighted by Crippen LogP contribution is 2.33. The van der Waals surface area contributed by atoms with Crippen LogP contribution < -0.4 is 16.0 Å². The molecule has 4 aromatic rings. The van der Waals surface area contributed by atoms with E-state index in [-0.39, 0.29) is 21.5 Å². The largest absolute Gasteiger partial charge is 0.355 e. The van der Waals surface area contributed by atoms with Crippen molar-refractivity contribution < 1.29 is 17.6 Å². The Bertz CT molecular complexity index is 1590. The highest BCUT2D eigenvalue weighted by atomic mass is 35.5. The molecule has 0 aliphatic rings. The van der Waals surface area contributed by atoms with Gasteiger partial charge in [-0.25, -0.2) is 17.8 Å². The van der Waals surface area contributed by atoms with Gasteiger partial charge in [0.15, 0.2) is 9.84 Å². The van der Waals surface area contributed by atoms with Crippen molar-refractivity contribution in [2.24, 2.45) is 0 Å². The number of aromatic nitrogens is 1. The van der Waals surface area contributed by atoms with Gasteiger partial charge in [-0.2, -0.15) is 0 Å². The van der Waals surface area contributed by atoms with Crippen molar-refractivity contribution in [2.75, 3.05) is 17.7 Å². The second kappa shape index (κ2) is 11.2. The number of benzene rings is 3. The first-order valence-electron chi connectivity index (χ1n) is 11.7. The predicted molar refractivity (Wildman–Crippen MR) is 150 cm³/mol. The molecule has 3 aromatic carbocycles. The number of halogens is 2. The second-order valence-corrected chi connectivity index (χ2v) is 11.6. The van der Waals surface area contributed by atoms with Crippen LogP contribution in [0.15, 0.2) is 83.9 Å². The molecule has 0 saturated carbocycles. The van der Waals surface area contributed by atoms with Gasteiger partial charge < -0.3 is 16.0 Å². The topological polar surface area (TPSA) is 100 Å². The predicted octanol–water partition coefficient (Wildman–Crippen LogP) is 6.57. The number of pyridine rings is 1. The molecule has 0 saturated heterocycles. The summed E-state index contributed by atoms with van der Waals surface area (Å²) in [5, 5.41) is 8.25. The van der Waals surface area contributed by atoms with E-state index in [1.165, 1.54) is 18.3 Å². The molecule has 38 heavy (non-hydrogen) atoms. The van der Waals surface area contributed by atoms with Gasteiger partial charge in [0, 0.05) is 18.7 Å². The number of anilines is 4. The Morgan fingerprint density at radius 2 is 1.58 bits per heavy atom. The van der Waals surface area contributed by atoms with Crippen molar-refractivity contribution in [3.05, 3.63) is 95.4 Å². The molecule has 0 bridgehead atoms. The molecule has 0 radical (unpaired) electrons. The van der Waals surface area contributed by atoms with Gasteiger partial charge in [0.05, 0.1) is 38.4 Å². The minimum atomic E-state index is -3.55. The van der Waals surface area contributed by atoms with E-state index in [9.17, 15) is 13.2 Å². The highest BCUT2D eigenvalue weighted by Gasteiger charge is 2.23. The van der Waals surface area contributed by atoms with Crippen molar-refractivity contribution in [3.8, 4) is 11.1 Å². The lowest BCUT2D eigenvalue weighted by molar-refractivity contribution is 0.0963. The summed E-state index contributed by atoms with van der Waals surface area (Å²) in [4.78, 5) is 16.1. The van der Waals surface area contributed by atoms with E-state index >= 15 is 4.39 Å². The molecule has 1 heterocycles. The van der Waals surface area contributed by atoms with Gasteiger partial charge in [-0.15, -0.1) is 0 Å². The lowest BCUT2D eigenvalue weighted by Gasteiger charge is -2.16. The molecule has 196 valence electrons. The van der Waals surface area contributed by atoms with Crippen molar-refractivity contribution in [3.63, 3.8) is 0 Å². The summed E-state index contributed by atoms with van der Waals surface area (Å²) in [5.74, 6) is -0.392. The number of para-hydroxylation sites is 1. The Morgan fingerprint density at radius 3 is 2.24 bits per heavy atom. The first-order valence-corrected chi connectivity index (χ1v) is 13.7. The molecule has 1 amide bonds. The van der Waals surface area contributed by atoms with Crippen LogP contribution in [-0.2, 0) is 9.84 Å². The second-order valence-electron chi connectivity index (χ2n) is 8.74. The van der Waals surface area contributed by atoms with E-state index in [4.69, 9.17) is 11.6 Å². The van der Waals surface area contributed by atoms with Gasteiger partial charge in [0.2, 0.25) is 0 Å².